The van der Waals surface area contributed by atoms with Gasteiger partial charge in [-0.1, -0.05) is 26.2 Å². The van der Waals surface area contributed by atoms with Crippen LogP contribution in [0.3, 0.4) is 0 Å². The van der Waals surface area contributed by atoms with Crippen LogP contribution in [0.4, 0.5) is 0 Å². The van der Waals surface area contributed by atoms with Crippen molar-refractivity contribution in [1.82, 2.24) is 15.1 Å². The number of benzene rings is 1. The van der Waals surface area contributed by atoms with Gasteiger partial charge < -0.3 is 19.7 Å². The number of piperidine rings is 1. The first kappa shape index (κ1) is 25.3. The largest absolute Gasteiger partial charge is 0.497 e. The van der Waals surface area contributed by atoms with Crippen molar-refractivity contribution in [2.24, 2.45) is 5.92 Å². The minimum Gasteiger partial charge on any atom is -0.497 e. The molecule has 2 aliphatic rings. The van der Waals surface area contributed by atoms with Crippen molar-refractivity contribution in [2.45, 2.75) is 64.3 Å². The summed E-state index contributed by atoms with van der Waals surface area (Å²) in [6, 6.07) is 5.84. The van der Waals surface area contributed by atoms with Gasteiger partial charge in [0.25, 0.3) is 0 Å². The zero-order valence-electron chi connectivity index (χ0n) is 20.6. The minimum atomic E-state index is -0.0196. The highest BCUT2D eigenvalue weighted by molar-refractivity contribution is 5.80. The number of likely N-dealkylation sites (tertiary alicyclic amines) is 2. The predicted molar refractivity (Wildman–Crippen MR) is 130 cm³/mol. The summed E-state index contributed by atoms with van der Waals surface area (Å²) < 4.78 is 10.9. The van der Waals surface area contributed by atoms with Crippen LogP contribution in [-0.4, -0.2) is 68.6 Å². The Morgan fingerprint density at radius 2 is 1.88 bits per heavy atom. The first-order valence-electron chi connectivity index (χ1n) is 12.6. The Morgan fingerprint density at radius 3 is 2.64 bits per heavy atom. The smallest absolute Gasteiger partial charge is 0.237 e. The molecule has 0 radical (unpaired) electrons. The lowest BCUT2D eigenvalue weighted by Crippen LogP contribution is -2.47. The average molecular weight is 460 g/mol. The second kappa shape index (κ2) is 12.8. The molecule has 2 heterocycles. The standard InChI is InChI=1S/C26H41N3O4/c1-4-5-6-7-14-27-26(31)20-10-8-15-28(18-20)19-25(30)29-16-9-11-23(29)22-13-12-21(32-2)17-24(22)33-3/h12-13,17,20,23H,4-11,14-16,18-19H2,1-3H3,(H,27,31). The SMILES string of the molecule is CCCCCCNC(=O)C1CCCN(CC(=O)N2CCCC2c2ccc(OC)cc2OC)C1. The summed E-state index contributed by atoms with van der Waals surface area (Å²) in [4.78, 5) is 30.1. The van der Waals surface area contributed by atoms with Crippen LogP contribution in [-0.2, 0) is 9.59 Å². The molecule has 0 aliphatic carbocycles. The third-order valence-corrected chi connectivity index (χ3v) is 6.94. The van der Waals surface area contributed by atoms with Crippen LogP contribution in [0.15, 0.2) is 18.2 Å². The van der Waals surface area contributed by atoms with Crippen molar-refractivity contribution in [1.29, 1.82) is 0 Å². The molecule has 2 amide bonds. The molecule has 2 atom stereocenters. The Labute approximate surface area is 198 Å². The van der Waals surface area contributed by atoms with E-state index in [4.69, 9.17) is 9.47 Å². The first-order valence-corrected chi connectivity index (χ1v) is 12.6. The number of amides is 2. The van der Waals surface area contributed by atoms with Gasteiger partial charge in [0.1, 0.15) is 11.5 Å². The molecule has 2 aliphatic heterocycles. The molecule has 7 nitrogen and oxygen atoms in total. The predicted octanol–water partition coefficient (Wildman–Crippen LogP) is 3.78. The van der Waals surface area contributed by atoms with E-state index in [2.05, 4.69) is 17.1 Å². The lowest BCUT2D eigenvalue weighted by Gasteiger charge is -2.34. The van der Waals surface area contributed by atoms with Crippen molar-refractivity contribution < 1.29 is 19.1 Å². The summed E-state index contributed by atoms with van der Waals surface area (Å²) in [5, 5.41) is 3.11. The summed E-state index contributed by atoms with van der Waals surface area (Å²) in [6.45, 7) is 5.61. The zero-order valence-corrected chi connectivity index (χ0v) is 20.6. The van der Waals surface area contributed by atoms with E-state index in [1.165, 1.54) is 12.8 Å². The maximum atomic E-state index is 13.3. The number of rotatable bonds is 11. The number of ether oxygens (including phenoxy) is 2. The highest BCUT2D eigenvalue weighted by Gasteiger charge is 2.34. The number of nitrogens with zero attached hydrogens (tertiary/aromatic N) is 2. The van der Waals surface area contributed by atoms with E-state index in [9.17, 15) is 9.59 Å². The van der Waals surface area contributed by atoms with Gasteiger partial charge in [0.2, 0.25) is 11.8 Å². The molecule has 2 saturated heterocycles. The third kappa shape index (κ3) is 6.85. The van der Waals surface area contributed by atoms with Gasteiger partial charge in [0.15, 0.2) is 0 Å². The Bertz CT molecular complexity index is 785. The number of methoxy groups -OCH3 is 2. The molecule has 0 bridgehead atoms. The van der Waals surface area contributed by atoms with Crippen molar-refractivity contribution in [3.8, 4) is 11.5 Å². The summed E-state index contributed by atoms with van der Waals surface area (Å²) in [5.74, 6) is 1.76. The molecule has 3 rings (SSSR count). The fourth-order valence-electron chi connectivity index (χ4n) is 5.09. The van der Waals surface area contributed by atoms with E-state index in [1.807, 2.05) is 23.1 Å². The van der Waals surface area contributed by atoms with Gasteiger partial charge in [-0.15, -0.1) is 0 Å². The van der Waals surface area contributed by atoms with Gasteiger partial charge >= 0.3 is 0 Å². The fraction of sp³-hybridized carbons (Fsp3) is 0.692. The maximum absolute atomic E-state index is 13.3. The maximum Gasteiger partial charge on any atom is 0.237 e. The minimum absolute atomic E-state index is 0.0189. The molecule has 1 aromatic carbocycles. The quantitative estimate of drug-likeness (QED) is 0.510. The molecule has 2 fully saturated rings. The van der Waals surface area contributed by atoms with Crippen LogP contribution >= 0.6 is 0 Å². The number of carbonyl (C=O) groups is 2. The van der Waals surface area contributed by atoms with Gasteiger partial charge in [-0.2, -0.15) is 0 Å². The lowest BCUT2D eigenvalue weighted by molar-refractivity contribution is -0.135. The second-order valence-electron chi connectivity index (χ2n) is 9.28. The summed E-state index contributed by atoms with van der Waals surface area (Å²) in [6.07, 6.45) is 8.39. The molecule has 7 heteroatoms. The van der Waals surface area contributed by atoms with E-state index in [-0.39, 0.29) is 23.8 Å². The molecule has 0 aromatic heterocycles. The van der Waals surface area contributed by atoms with Crippen LogP contribution < -0.4 is 14.8 Å². The number of carbonyl (C=O) groups excluding carboxylic acids is 2. The van der Waals surface area contributed by atoms with E-state index < -0.39 is 0 Å². The van der Waals surface area contributed by atoms with E-state index in [0.29, 0.717) is 13.1 Å². The molecule has 2 unspecified atom stereocenters. The van der Waals surface area contributed by atoms with Gasteiger partial charge in [0, 0.05) is 31.3 Å². The monoisotopic (exact) mass is 459 g/mol. The first-order chi connectivity index (χ1) is 16.1. The van der Waals surface area contributed by atoms with Crippen LogP contribution in [0.25, 0.3) is 0 Å². The highest BCUT2D eigenvalue weighted by atomic mass is 16.5. The molecule has 0 spiro atoms. The summed E-state index contributed by atoms with van der Waals surface area (Å²) in [7, 11) is 3.29. The van der Waals surface area contributed by atoms with E-state index in [1.54, 1.807) is 14.2 Å². The summed E-state index contributed by atoms with van der Waals surface area (Å²) >= 11 is 0. The van der Waals surface area contributed by atoms with Gasteiger partial charge in [0.05, 0.1) is 32.7 Å². The van der Waals surface area contributed by atoms with Gasteiger partial charge in [-0.25, -0.2) is 0 Å². The molecular formula is C26H41N3O4. The Morgan fingerprint density at radius 1 is 1.06 bits per heavy atom. The molecule has 184 valence electrons. The number of hydrogen-bond donors (Lipinski definition) is 1. The van der Waals surface area contributed by atoms with Crippen LogP contribution in [0, 0.1) is 5.92 Å². The van der Waals surface area contributed by atoms with E-state index >= 15 is 0 Å². The van der Waals surface area contributed by atoms with Crippen LogP contribution in [0.2, 0.25) is 0 Å². The van der Waals surface area contributed by atoms with Crippen molar-refractivity contribution in [2.75, 3.05) is 46.9 Å². The van der Waals surface area contributed by atoms with Crippen LogP contribution in [0.1, 0.15) is 69.9 Å². The lowest BCUT2D eigenvalue weighted by atomic mass is 9.97. The van der Waals surface area contributed by atoms with Crippen molar-refractivity contribution >= 4 is 11.8 Å². The van der Waals surface area contributed by atoms with Gasteiger partial charge in [-0.3, -0.25) is 14.5 Å². The Balaban J connectivity index is 1.55. The number of nitrogens with one attached hydrogen (secondary N) is 1. The Hall–Kier alpha value is -2.28. The van der Waals surface area contributed by atoms with E-state index in [0.717, 1.165) is 75.2 Å². The summed E-state index contributed by atoms with van der Waals surface area (Å²) in [5.41, 5.74) is 1.03. The molecule has 1 aromatic rings. The second-order valence-corrected chi connectivity index (χ2v) is 9.28. The number of hydrogen-bond acceptors (Lipinski definition) is 5. The normalized spacial score (nSPS) is 21.1. The molecule has 1 N–H and O–H groups in total. The fourth-order valence-corrected chi connectivity index (χ4v) is 5.09. The highest BCUT2D eigenvalue weighted by Crippen LogP contribution is 2.38. The van der Waals surface area contributed by atoms with Crippen LogP contribution in [0.5, 0.6) is 11.5 Å². The number of unbranched alkanes of at least 4 members (excludes halogenated alkanes) is 3. The third-order valence-electron chi connectivity index (χ3n) is 6.94. The van der Waals surface area contributed by atoms with Gasteiger partial charge in [-0.05, 0) is 50.8 Å². The van der Waals surface area contributed by atoms with Crippen molar-refractivity contribution in [3.05, 3.63) is 23.8 Å². The van der Waals surface area contributed by atoms with Crippen molar-refractivity contribution in [3.63, 3.8) is 0 Å². The topological polar surface area (TPSA) is 71.1 Å². The average Bonchev–Trinajstić information content (AvgIpc) is 3.33. The molecule has 0 saturated carbocycles. The molecule has 33 heavy (non-hydrogen) atoms. The molecular weight excluding hydrogens is 418 g/mol. The Kier molecular flexibility index (Phi) is 9.85. The zero-order chi connectivity index (χ0) is 23.6.